The van der Waals surface area contributed by atoms with E-state index in [2.05, 4.69) is 218 Å². The Morgan fingerprint density at radius 3 is 1.27 bits per heavy atom. The molecule has 2 aromatic heterocycles. The average Bonchev–Trinajstić information content (AvgIpc) is 4.13. The standard InChI is InChI=1S/C65H36O2/c1-3-19-39-37(17-1)33-49(43-23-7-5-21-41(39)43)51-35-56-62(64-59(51)47-27-11-15-31-57(47)67-64)61-55(65(56)53-29-13-9-25-45(53)46-26-10-14-30-54(46)65)36-52(63-60(61)48-28-12-16-32-58(48)66-63)50-34-38-18-2-4-20-40(38)42-22-6-8-24-44(42)50/h1-36H. The molecule has 12 aromatic carbocycles. The van der Waals surface area contributed by atoms with Gasteiger partial charge in [-0.25, -0.2) is 0 Å². The van der Waals surface area contributed by atoms with Crippen LogP contribution in [-0.2, 0) is 5.41 Å². The number of rotatable bonds is 2. The Labute approximate surface area is 384 Å². The zero-order chi connectivity index (χ0) is 43.5. The Kier molecular flexibility index (Phi) is 6.78. The molecule has 14 aromatic rings. The zero-order valence-electron chi connectivity index (χ0n) is 36.1. The maximum Gasteiger partial charge on any atom is 0.144 e. The van der Waals surface area contributed by atoms with Crippen LogP contribution in [0, 0.1) is 0 Å². The third-order valence-corrected chi connectivity index (χ3v) is 15.4. The first kappa shape index (κ1) is 35.6. The van der Waals surface area contributed by atoms with Crippen molar-refractivity contribution >= 4 is 87.0 Å². The number of para-hydroxylation sites is 2. The van der Waals surface area contributed by atoms with Crippen LogP contribution in [0.25, 0.3) is 131 Å². The molecule has 0 amide bonds. The van der Waals surface area contributed by atoms with Gasteiger partial charge in [-0.05, 0) is 130 Å². The quantitative estimate of drug-likeness (QED) is 0.162. The van der Waals surface area contributed by atoms with E-state index in [1.807, 2.05) is 0 Å². The third-order valence-electron chi connectivity index (χ3n) is 15.4. The molecule has 16 rings (SSSR count). The van der Waals surface area contributed by atoms with Gasteiger partial charge in [0.1, 0.15) is 22.3 Å². The van der Waals surface area contributed by atoms with E-state index in [9.17, 15) is 0 Å². The number of hydrogen-bond acceptors (Lipinski definition) is 2. The van der Waals surface area contributed by atoms with Crippen molar-refractivity contribution in [3.63, 3.8) is 0 Å². The summed E-state index contributed by atoms with van der Waals surface area (Å²) in [4.78, 5) is 0. The predicted octanol–water partition coefficient (Wildman–Crippen LogP) is 17.8. The molecule has 2 heterocycles. The summed E-state index contributed by atoms with van der Waals surface area (Å²) >= 11 is 0. The van der Waals surface area contributed by atoms with E-state index in [1.165, 1.54) is 93.2 Å². The number of benzene rings is 12. The predicted molar refractivity (Wildman–Crippen MR) is 278 cm³/mol. The summed E-state index contributed by atoms with van der Waals surface area (Å²) in [5.41, 5.74) is 17.3. The van der Waals surface area contributed by atoms with Crippen molar-refractivity contribution in [2.24, 2.45) is 0 Å². The Bertz CT molecular complexity index is 4470. The van der Waals surface area contributed by atoms with Gasteiger partial charge in [0.15, 0.2) is 0 Å². The lowest BCUT2D eigenvalue weighted by molar-refractivity contribution is 0.669. The fourth-order valence-corrected chi connectivity index (χ4v) is 12.8. The van der Waals surface area contributed by atoms with Gasteiger partial charge in [0.05, 0.1) is 5.41 Å². The first-order valence-electron chi connectivity index (χ1n) is 23.2. The smallest absolute Gasteiger partial charge is 0.144 e. The summed E-state index contributed by atoms with van der Waals surface area (Å²) in [5, 5.41) is 14.2. The Morgan fingerprint density at radius 1 is 0.254 bits per heavy atom. The van der Waals surface area contributed by atoms with Gasteiger partial charge in [0.2, 0.25) is 0 Å². The molecule has 0 bridgehead atoms. The average molecular weight is 849 g/mol. The first-order chi connectivity index (χ1) is 33.3. The van der Waals surface area contributed by atoms with Crippen molar-refractivity contribution in [2.45, 2.75) is 5.41 Å². The topological polar surface area (TPSA) is 26.3 Å². The van der Waals surface area contributed by atoms with E-state index in [-0.39, 0.29) is 0 Å². The van der Waals surface area contributed by atoms with Crippen molar-refractivity contribution in [1.29, 1.82) is 0 Å². The fraction of sp³-hybridized carbons (Fsp3) is 0.0154. The molecule has 2 aliphatic carbocycles. The van der Waals surface area contributed by atoms with Crippen LogP contribution < -0.4 is 0 Å². The van der Waals surface area contributed by atoms with E-state index in [1.54, 1.807) is 0 Å². The molecule has 0 saturated heterocycles. The van der Waals surface area contributed by atoms with Gasteiger partial charge >= 0.3 is 0 Å². The molecule has 2 heteroatoms. The maximum atomic E-state index is 7.42. The molecule has 2 aliphatic rings. The largest absolute Gasteiger partial charge is 0.455 e. The van der Waals surface area contributed by atoms with Crippen molar-refractivity contribution in [3.8, 4) is 44.5 Å². The van der Waals surface area contributed by atoms with E-state index in [0.717, 1.165) is 60.6 Å². The lowest BCUT2D eigenvalue weighted by Crippen LogP contribution is -2.26. The van der Waals surface area contributed by atoms with Crippen molar-refractivity contribution < 1.29 is 8.83 Å². The lowest BCUT2D eigenvalue weighted by atomic mass is 9.69. The molecule has 0 aliphatic heterocycles. The van der Waals surface area contributed by atoms with E-state index < -0.39 is 5.41 Å². The van der Waals surface area contributed by atoms with Crippen LogP contribution in [0.5, 0.6) is 0 Å². The molecular formula is C65H36O2. The van der Waals surface area contributed by atoms with E-state index in [4.69, 9.17) is 8.83 Å². The molecule has 0 radical (unpaired) electrons. The molecular weight excluding hydrogens is 813 g/mol. The molecule has 0 saturated carbocycles. The fourth-order valence-electron chi connectivity index (χ4n) is 12.8. The number of furan rings is 2. The van der Waals surface area contributed by atoms with Gasteiger partial charge in [0.25, 0.3) is 0 Å². The van der Waals surface area contributed by atoms with Crippen LogP contribution >= 0.6 is 0 Å². The van der Waals surface area contributed by atoms with Crippen LogP contribution in [0.1, 0.15) is 22.3 Å². The molecule has 0 N–H and O–H groups in total. The Morgan fingerprint density at radius 2 is 0.672 bits per heavy atom. The SMILES string of the molecule is c1ccc2c(c1)-c1ccccc1C21c2cc(-c3cc4ccccc4c4ccccc34)c3c(oc4ccccc43)c2-c2c1cc(-c1cc3ccccc3c3ccccc13)c1oc3ccccc3c21. The Hall–Kier alpha value is -8.72. The summed E-state index contributed by atoms with van der Waals surface area (Å²) in [6.07, 6.45) is 0. The minimum atomic E-state index is -0.708. The molecule has 0 fully saturated rings. The Balaban J connectivity index is 1.16. The van der Waals surface area contributed by atoms with Crippen molar-refractivity contribution in [2.75, 3.05) is 0 Å². The van der Waals surface area contributed by atoms with Crippen LogP contribution in [-0.4, -0.2) is 0 Å². The van der Waals surface area contributed by atoms with Gasteiger partial charge in [-0.1, -0.05) is 182 Å². The number of hydrogen-bond donors (Lipinski definition) is 0. The lowest BCUT2D eigenvalue weighted by Gasteiger charge is -2.31. The zero-order valence-corrected chi connectivity index (χ0v) is 36.1. The third kappa shape index (κ3) is 4.41. The number of fused-ring (bicyclic) bond motifs is 24. The highest BCUT2D eigenvalue weighted by Gasteiger charge is 2.54. The van der Waals surface area contributed by atoms with Gasteiger partial charge in [-0.3, -0.25) is 0 Å². The molecule has 0 atom stereocenters. The highest BCUT2D eigenvalue weighted by atomic mass is 16.3. The van der Waals surface area contributed by atoms with E-state index in [0.29, 0.717) is 0 Å². The summed E-state index contributed by atoms with van der Waals surface area (Å²) < 4.78 is 14.7. The van der Waals surface area contributed by atoms with Crippen molar-refractivity contribution in [1.82, 2.24) is 0 Å². The normalized spacial score (nSPS) is 13.5. The highest BCUT2D eigenvalue weighted by molar-refractivity contribution is 6.28. The second-order valence-corrected chi connectivity index (χ2v) is 18.5. The minimum Gasteiger partial charge on any atom is -0.455 e. The van der Waals surface area contributed by atoms with Gasteiger partial charge in [0, 0.05) is 38.2 Å². The first-order valence-corrected chi connectivity index (χ1v) is 23.2. The van der Waals surface area contributed by atoms with Crippen LogP contribution in [0.3, 0.4) is 0 Å². The maximum absolute atomic E-state index is 7.42. The minimum absolute atomic E-state index is 0.708. The van der Waals surface area contributed by atoms with Gasteiger partial charge in [-0.2, -0.15) is 0 Å². The highest BCUT2D eigenvalue weighted by Crippen LogP contribution is 2.67. The molecule has 1 spiro atoms. The molecule has 0 unspecified atom stereocenters. The second kappa shape index (κ2) is 12.8. The molecule has 308 valence electrons. The summed E-state index contributed by atoms with van der Waals surface area (Å²) in [6.45, 7) is 0. The van der Waals surface area contributed by atoms with Crippen LogP contribution in [0.2, 0.25) is 0 Å². The van der Waals surface area contributed by atoms with Gasteiger partial charge < -0.3 is 8.83 Å². The van der Waals surface area contributed by atoms with Crippen molar-refractivity contribution in [3.05, 3.63) is 241 Å². The monoisotopic (exact) mass is 848 g/mol. The molecule has 67 heavy (non-hydrogen) atoms. The summed E-state index contributed by atoms with van der Waals surface area (Å²) in [5.74, 6) is 0. The van der Waals surface area contributed by atoms with Crippen LogP contribution in [0.4, 0.5) is 0 Å². The van der Waals surface area contributed by atoms with E-state index >= 15 is 0 Å². The second-order valence-electron chi connectivity index (χ2n) is 18.5. The summed E-state index contributed by atoms with van der Waals surface area (Å²) in [7, 11) is 0. The summed E-state index contributed by atoms with van der Waals surface area (Å²) in [6, 6.07) is 80.7. The molecule has 2 nitrogen and oxygen atoms in total. The van der Waals surface area contributed by atoms with Gasteiger partial charge in [-0.15, -0.1) is 0 Å². The van der Waals surface area contributed by atoms with Crippen LogP contribution in [0.15, 0.2) is 227 Å².